The Labute approximate surface area is 167 Å². The van der Waals surface area contributed by atoms with E-state index in [1.165, 1.54) is 11.1 Å². The van der Waals surface area contributed by atoms with Crippen molar-refractivity contribution in [1.29, 1.82) is 0 Å². The van der Waals surface area contributed by atoms with Crippen molar-refractivity contribution < 1.29 is 4.79 Å². The zero-order valence-corrected chi connectivity index (χ0v) is 17.3. The first-order valence-corrected chi connectivity index (χ1v) is 9.57. The molecule has 5 heteroatoms. The lowest BCUT2D eigenvalue weighted by molar-refractivity contribution is -0.116. The zero-order chi connectivity index (χ0) is 20.3. The largest absolute Gasteiger partial charge is 0.374 e. The van der Waals surface area contributed by atoms with E-state index in [-0.39, 0.29) is 5.91 Å². The number of nitrogens with zero attached hydrogens (tertiary/aromatic N) is 3. The maximum absolute atomic E-state index is 12.6. The summed E-state index contributed by atoms with van der Waals surface area (Å²) in [5.74, 6) is -0.00373. The van der Waals surface area contributed by atoms with Crippen LogP contribution in [-0.2, 0) is 4.79 Å². The second-order valence-electron chi connectivity index (χ2n) is 7.23. The second-order valence-corrected chi connectivity index (χ2v) is 7.23. The lowest BCUT2D eigenvalue weighted by atomic mass is 10.1. The molecular formula is C23H28N4O. The summed E-state index contributed by atoms with van der Waals surface area (Å²) in [6, 6.07) is 16.2. The number of benzene rings is 2. The summed E-state index contributed by atoms with van der Waals surface area (Å²) in [7, 11) is 2.03. The molecule has 3 aromatic rings. The molecule has 146 valence electrons. The summed E-state index contributed by atoms with van der Waals surface area (Å²) in [6.07, 6.45) is 0.416. The predicted octanol–water partition coefficient (Wildman–Crippen LogP) is 4.57. The van der Waals surface area contributed by atoms with Gasteiger partial charge in [0.1, 0.15) is 0 Å². The third-order valence-electron chi connectivity index (χ3n) is 5.22. The average Bonchev–Trinajstić information content (AvgIpc) is 2.97. The molecule has 0 radical (unpaired) electrons. The zero-order valence-electron chi connectivity index (χ0n) is 17.3. The third kappa shape index (κ3) is 4.09. The summed E-state index contributed by atoms with van der Waals surface area (Å²) >= 11 is 0. The molecule has 1 N–H and O–H groups in total. The van der Waals surface area contributed by atoms with E-state index in [4.69, 9.17) is 0 Å². The van der Waals surface area contributed by atoms with Gasteiger partial charge in [0.25, 0.3) is 0 Å². The molecular weight excluding hydrogens is 348 g/mol. The smallest absolute Gasteiger partial charge is 0.226 e. The Bertz CT molecular complexity index is 976. The molecule has 2 aromatic carbocycles. The Morgan fingerprint density at radius 2 is 1.75 bits per heavy atom. The molecule has 5 nitrogen and oxygen atoms in total. The van der Waals surface area contributed by atoms with Gasteiger partial charge < -0.3 is 10.2 Å². The van der Waals surface area contributed by atoms with Gasteiger partial charge in [-0.2, -0.15) is 5.10 Å². The highest BCUT2D eigenvalue weighted by Gasteiger charge is 2.16. The van der Waals surface area contributed by atoms with Gasteiger partial charge in [-0.15, -0.1) is 0 Å². The maximum Gasteiger partial charge on any atom is 0.226 e. The molecule has 0 fully saturated rings. The van der Waals surface area contributed by atoms with Crippen LogP contribution >= 0.6 is 0 Å². The number of aryl methyl sites for hydroxylation is 2. The molecule has 1 aromatic heterocycles. The highest BCUT2D eigenvalue weighted by Crippen LogP contribution is 2.24. The van der Waals surface area contributed by atoms with Crippen LogP contribution in [0.5, 0.6) is 0 Å². The van der Waals surface area contributed by atoms with Gasteiger partial charge in [-0.1, -0.05) is 30.3 Å². The van der Waals surface area contributed by atoms with Crippen LogP contribution in [0.2, 0.25) is 0 Å². The molecule has 0 aliphatic rings. The monoisotopic (exact) mass is 376 g/mol. The van der Waals surface area contributed by atoms with Crippen molar-refractivity contribution in [3.05, 3.63) is 71.0 Å². The van der Waals surface area contributed by atoms with E-state index in [1.54, 1.807) is 0 Å². The fourth-order valence-electron chi connectivity index (χ4n) is 3.38. The number of hydrogen-bond donors (Lipinski definition) is 1. The molecule has 1 heterocycles. The lowest BCUT2D eigenvalue weighted by Crippen LogP contribution is -2.25. The van der Waals surface area contributed by atoms with Crippen LogP contribution < -0.4 is 10.2 Å². The molecule has 0 aliphatic carbocycles. The van der Waals surface area contributed by atoms with E-state index in [9.17, 15) is 4.79 Å². The standard InChI is InChI=1S/C23H28N4O/c1-16-10-9-13-21(17(16)2)26(5)15-14-22(28)24-23-18(3)25-27(19(23)4)20-11-7-6-8-12-20/h6-13H,14-15H2,1-5H3,(H,24,28). The van der Waals surface area contributed by atoms with Crippen molar-refractivity contribution in [3.63, 3.8) is 0 Å². The molecule has 0 spiro atoms. The van der Waals surface area contributed by atoms with Crippen LogP contribution in [0.3, 0.4) is 0 Å². The fourth-order valence-corrected chi connectivity index (χ4v) is 3.38. The number of aromatic nitrogens is 2. The van der Waals surface area contributed by atoms with Crippen LogP contribution in [0.25, 0.3) is 5.69 Å². The Balaban J connectivity index is 1.67. The molecule has 0 unspecified atom stereocenters. The fraction of sp³-hybridized carbons (Fsp3) is 0.304. The first kappa shape index (κ1) is 19.7. The number of carbonyl (C=O) groups is 1. The Kier molecular flexibility index (Phi) is 5.83. The summed E-state index contributed by atoms with van der Waals surface area (Å²) in [6.45, 7) is 8.78. The number of para-hydroxylation sites is 1. The minimum absolute atomic E-state index is 0.00373. The minimum atomic E-state index is -0.00373. The van der Waals surface area contributed by atoms with Crippen LogP contribution in [0.1, 0.15) is 28.9 Å². The molecule has 3 rings (SSSR count). The van der Waals surface area contributed by atoms with Crippen molar-refractivity contribution in [2.24, 2.45) is 0 Å². The van der Waals surface area contributed by atoms with Gasteiger partial charge in [0.2, 0.25) is 5.91 Å². The number of anilines is 2. The van der Waals surface area contributed by atoms with Gasteiger partial charge in [0.15, 0.2) is 0 Å². The van der Waals surface area contributed by atoms with Gasteiger partial charge in [-0.25, -0.2) is 4.68 Å². The SMILES string of the molecule is Cc1cccc(N(C)CCC(=O)Nc2c(C)nn(-c3ccccc3)c2C)c1C. The van der Waals surface area contributed by atoms with Gasteiger partial charge in [0, 0.05) is 25.7 Å². The van der Waals surface area contributed by atoms with Crippen LogP contribution in [-0.4, -0.2) is 29.3 Å². The Morgan fingerprint density at radius 1 is 1.04 bits per heavy atom. The second kappa shape index (κ2) is 8.30. The number of amides is 1. The molecule has 0 atom stereocenters. The maximum atomic E-state index is 12.6. The van der Waals surface area contributed by atoms with Gasteiger partial charge in [0.05, 0.1) is 22.8 Å². The molecule has 1 amide bonds. The normalized spacial score (nSPS) is 10.8. The Hall–Kier alpha value is -3.08. The summed E-state index contributed by atoms with van der Waals surface area (Å²) in [5.41, 5.74) is 7.20. The van der Waals surface area contributed by atoms with Gasteiger partial charge >= 0.3 is 0 Å². The number of hydrogen-bond acceptors (Lipinski definition) is 3. The van der Waals surface area contributed by atoms with Crippen molar-refractivity contribution in [3.8, 4) is 5.69 Å². The topological polar surface area (TPSA) is 50.2 Å². The van der Waals surface area contributed by atoms with Crippen LogP contribution in [0.15, 0.2) is 48.5 Å². The van der Waals surface area contributed by atoms with E-state index in [2.05, 4.69) is 47.4 Å². The van der Waals surface area contributed by atoms with E-state index in [0.29, 0.717) is 13.0 Å². The van der Waals surface area contributed by atoms with Crippen molar-refractivity contribution >= 4 is 17.3 Å². The van der Waals surface area contributed by atoms with E-state index in [1.807, 2.05) is 55.9 Å². The van der Waals surface area contributed by atoms with Crippen molar-refractivity contribution in [1.82, 2.24) is 9.78 Å². The van der Waals surface area contributed by atoms with Crippen molar-refractivity contribution in [2.75, 3.05) is 23.8 Å². The van der Waals surface area contributed by atoms with Gasteiger partial charge in [-0.3, -0.25) is 4.79 Å². The van der Waals surface area contributed by atoms with E-state index >= 15 is 0 Å². The molecule has 0 saturated carbocycles. The van der Waals surface area contributed by atoms with Crippen LogP contribution in [0.4, 0.5) is 11.4 Å². The molecule has 0 aliphatic heterocycles. The first-order chi connectivity index (χ1) is 13.4. The van der Waals surface area contributed by atoms with Crippen molar-refractivity contribution in [2.45, 2.75) is 34.1 Å². The number of rotatable bonds is 6. The highest BCUT2D eigenvalue weighted by atomic mass is 16.1. The van der Waals surface area contributed by atoms with E-state index < -0.39 is 0 Å². The average molecular weight is 377 g/mol. The van der Waals surface area contributed by atoms with E-state index in [0.717, 1.165) is 28.5 Å². The number of nitrogens with one attached hydrogen (secondary N) is 1. The first-order valence-electron chi connectivity index (χ1n) is 9.57. The summed E-state index contributed by atoms with van der Waals surface area (Å²) < 4.78 is 1.87. The van der Waals surface area contributed by atoms with Gasteiger partial charge in [-0.05, 0) is 57.0 Å². The highest BCUT2D eigenvalue weighted by molar-refractivity contribution is 5.92. The lowest BCUT2D eigenvalue weighted by Gasteiger charge is -2.22. The molecule has 0 bridgehead atoms. The third-order valence-corrected chi connectivity index (χ3v) is 5.22. The van der Waals surface area contributed by atoms with Crippen LogP contribution in [0, 0.1) is 27.7 Å². The minimum Gasteiger partial charge on any atom is -0.374 e. The number of carbonyl (C=O) groups excluding carboxylic acids is 1. The molecule has 0 saturated heterocycles. The summed E-state index contributed by atoms with van der Waals surface area (Å²) in [5, 5.41) is 7.64. The Morgan fingerprint density at radius 3 is 2.46 bits per heavy atom. The quantitative estimate of drug-likeness (QED) is 0.685. The predicted molar refractivity (Wildman–Crippen MR) is 115 cm³/mol. The summed E-state index contributed by atoms with van der Waals surface area (Å²) in [4.78, 5) is 14.7. The molecule has 28 heavy (non-hydrogen) atoms.